The summed E-state index contributed by atoms with van der Waals surface area (Å²) < 4.78 is 13.8. The molecule has 0 bridgehead atoms. The molecular weight excluding hydrogens is 287 g/mol. The van der Waals surface area contributed by atoms with Gasteiger partial charge in [-0.2, -0.15) is 11.8 Å². The zero-order valence-electron chi connectivity index (χ0n) is 12.1. The monoisotopic (exact) mass is 306 g/mol. The van der Waals surface area contributed by atoms with Crippen LogP contribution in [0.5, 0.6) is 0 Å². The predicted octanol–water partition coefficient (Wildman–Crippen LogP) is 3.94. The summed E-state index contributed by atoms with van der Waals surface area (Å²) in [5, 5.41) is 0.731. The van der Waals surface area contributed by atoms with Crippen LogP contribution >= 0.6 is 11.8 Å². The van der Waals surface area contributed by atoms with Crippen molar-refractivity contribution >= 4 is 22.7 Å². The first-order valence-corrected chi connectivity index (χ1v) is 8.49. The second-order valence-electron chi connectivity index (χ2n) is 5.67. The van der Waals surface area contributed by atoms with Crippen LogP contribution in [0.2, 0.25) is 0 Å². The third-order valence-corrected chi connectivity index (χ3v) is 5.45. The van der Waals surface area contributed by atoms with Gasteiger partial charge in [-0.1, -0.05) is 25.3 Å². The van der Waals surface area contributed by atoms with E-state index in [-0.39, 0.29) is 10.9 Å². The van der Waals surface area contributed by atoms with E-state index in [4.69, 9.17) is 0 Å². The van der Waals surface area contributed by atoms with E-state index in [9.17, 15) is 9.18 Å². The van der Waals surface area contributed by atoms with Crippen molar-refractivity contribution in [1.29, 1.82) is 0 Å². The molecule has 1 saturated carbocycles. The summed E-state index contributed by atoms with van der Waals surface area (Å²) in [7, 11) is 0. The van der Waals surface area contributed by atoms with Gasteiger partial charge in [0.05, 0.1) is 11.3 Å². The van der Waals surface area contributed by atoms with Crippen LogP contribution in [0.4, 0.5) is 4.39 Å². The lowest BCUT2D eigenvalue weighted by Crippen LogP contribution is -2.15. The molecule has 0 radical (unpaired) electrons. The quantitative estimate of drug-likeness (QED) is 0.934. The highest BCUT2D eigenvalue weighted by molar-refractivity contribution is 7.99. The Morgan fingerprint density at radius 2 is 2.10 bits per heavy atom. The van der Waals surface area contributed by atoms with Crippen LogP contribution in [0, 0.1) is 12.7 Å². The molecule has 2 aromatic rings. The molecule has 1 aliphatic carbocycles. The topological polar surface area (TPSA) is 45.8 Å². The van der Waals surface area contributed by atoms with Crippen molar-refractivity contribution in [2.24, 2.45) is 0 Å². The van der Waals surface area contributed by atoms with E-state index in [1.54, 1.807) is 6.07 Å². The third-order valence-electron chi connectivity index (χ3n) is 4.07. The molecule has 1 fully saturated rings. The number of thioether (sulfide) groups is 1. The average molecular weight is 306 g/mol. The molecule has 0 atom stereocenters. The number of aromatic amines is 1. The lowest BCUT2D eigenvalue weighted by Gasteiger charge is -2.20. The van der Waals surface area contributed by atoms with Gasteiger partial charge in [0.2, 0.25) is 0 Å². The van der Waals surface area contributed by atoms with E-state index in [1.165, 1.54) is 38.2 Å². The van der Waals surface area contributed by atoms with Crippen molar-refractivity contribution in [3.05, 3.63) is 39.7 Å². The maximum Gasteiger partial charge on any atom is 0.261 e. The van der Waals surface area contributed by atoms with Crippen molar-refractivity contribution in [1.82, 2.24) is 9.97 Å². The zero-order chi connectivity index (χ0) is 14.8. The highest BCUT2D eigenvalue weighted by Gasteiger charge is 2.15. The number of nitrogens with one attached hydrogen (secondary N) is 1. The number of fused-ring (bicyclic) bond motifs is 1. The van der Waals surface area contributed by atoms with E-state index in [0.29, 0.717) is 22.3 Å². The molecule has 21 heavy (non-hydrogen) atoms. The lowest BCUT2D eigenvalue weighted by atomic mass is 10.0. The van der Waals surface area contributed by atoms with E-state index in [0.717, 1.165) is 5.56 Å². The van der Waals surface area contributed by atoms with Gasteiger partial charge in [-0.15, -0.1) is 0 Å². The number of hydrogen-bond donors (Lipinski definition) is 1. The van der Waals surface area contributed by atoms with E-state index < -0.39 is 5.82 Å². The second kappa shape index (κ2) is 6.18. The number of hydrogen-bond acceptors (Lipinski definition) is 3. The number of benzene rings is 1. The first-order chi connectivity index (χ1) is 10.1. The number of aryl methyl sites for hydroxylation is 1. The molecule has 0 aliphatic heterocycles. The van der Waals surface area contributed by atoms with Gasteiger partial charge in [-0.05, 0) is 31.4 Å². The molecule has 0 saturated heterocycles. The maximum atomic E-state index is 13.8. The molecule has 0 amide bonds. The Kier molecular flexibility index (Phi) is 4.29. The van der Waals surface area contributed by atoms with E-state index in [2.05, 4.69) is 9.97 Å². The lowest BCUT2D eigenvalue weighted by molar-refractivity contribution is 0.516. The van der Waals surface area contributed by atoms with Crippen molar-refractivity contribution in [2.45, 2.75) is 50.0 Å². The summed E-state index contributed by atoms with van der Waals surface area (Å²) in [6.07, 6.45) is 6.42. The molecule has 1 aromatic heterocycles. The Morgan fingerprint density at radius 1 is 1.33 bits per heavy atom. The van der Waals surface area contributed by atoms with Crippen LogP contribution in [0.1, 0.15) is 43.5 Å². The van der Waals surface area contributed by atoms with E-state index >= 15 is 0 Å². The summed E-state index contributed by atoms with van der Waals surface area (Å²) in [6, 6.07) is 2.99. The van der Waals surface area contributed by atoms with Crippen molar-refractivity contribution < 1.29 is 4.39 Å². The Bertz CT molecular complexity index is 707. The van der Waals surface area contributed by atoms with Gasteiger partial charge in [0.15, 0.2) is 0 Å². The summed E-state index contributed by atoms with van der Waals surface area (Å²) in [5.41, 5.74) is 0.944. The van der Waals surface area contributed by atoms with Gasteiger partial charge in [-0.3, -0.25) is 4.79 Å². The Labute approximate surface area is 127 Å². The largest absolute Gasteiger partial charge is 0.309 e. The second-order valence-corrected chi connectivity index (χ2v) is 6.96. The fourth-order valence-electron chi connectivity index (χ4n) is 2.88. The SMILES string of the molecule is Cc1ccc(F)c2c(=O)[nH]c(CSC3CCCCC3)nc12. The molecule has 1 heterocycles. The molecule has 3 nitrogen and oxygen atoms in total. The van der Waals surface area contributed by atoms with Gasteiger partial charge >= 0.3 is 0 Å². The molecule has 112 valence electrons. The zero-order valence-corrected chi connectivity index (χ0v) is 12.9. The first-order valence-electron chi connectivity index (χ1n) is 7.45. The van der Waals surface area contributed by atoms with Gasteiger partial charge < -0.3 is 4.98 Å². The van der Waals surface area contributed by atoms with Crippen LogP contribution in [-0.4, -0.2) is 15.2 Å². The highest BCUT2D eigenvalue weighted by Crippen LogP contribution is 2.30. The van der Waals surface area contributed by atoms with Crippen molar-refractivity contribution in [2.75, 3.05) is 0 Å². The fourth-order valence-corrected chi connectivity index (χ4v) is 4.08. The minimum absolute atomic E-state index is 0.0708. The molecule has 1 aliphatic rings. The smallest absolute Gasteiger partial charge is 0.261 e. The van der Waals surface area contributed by atoms with Crippen LogP contribution in [0.3, 0.4) is 0 Å². The molecule has 1 N–H and O–H groups in total. The predicted molar refractivity (Wildman–Crippen MR) is 85.2 cm³/mol. The molecule has 0 spiro atoms. The standard InChI is InChI=1S/C16H19FN2OS/c1-10-7-8-12(17)14-15(10)18-13(19-16(14)20)9-21-11-5-3-2-4-6-11/h7-8,11H,2-6,9H2,1H3,(H,18,19,20). The van der Waals surface area contributed by atoms with Crippen molar-refractivity contribution in [3.8, 4) is 0 Å². The van der Waals surface area contributed by atoms with Gasteiger partial charge in [-0.25, -0.2) is 9.37 Å². The number of aromatic nitrogens is 2. The third kappa shape index (κ3) is 3.12. The Morgan fingerprint density at radius 3 is 2.86 bits per heavy atom. The van der Waals surface area contributed by atoms with Crippen molar-refractivity contribution in [3.63, 3.8) is 0 Å². The summed E-state index contributed by atoms with van der Waals surface area (Å²) in [5.74, 6) is 0.832. The Hall–Kier alpha value is -1.36. The summed E-state index contributed by atoms with van der Waals surface area (Å²) in [4.78, 5) is 19.3. The summed E-state index contributed by atoms with van der Waals surface area (Å²) >= 11 is 1.85. The normalized spacial score (nSPS) is 16.5. The van der Waals surface area contributed by atoms with Crippen LogP contribution < -0.4 is 5.56 Å². The molecule has 0 unspecified atom stereocenters. The number of halogens is 1. The van der Waals surface area contributed by atoms with Crippen LogP contribution in [0.15, 0.2) is 16.9 Å². The van der Waals surface area contributed by atoms with E-state index in [1.807, 2.05) is 18.7 Å². The molecule has 5 heteroatoms. The minimum atomic E-state index is -0.504. The van der Waals surface area contributed by atoms with Gasteiger partial charge in [0.25, 0.3) is 5.56 Å². The van der Waals surface area contributed by atoms with Gasteiger partial charge in [0, 0.05) is 5.25 Å². The molecule has 3 rings (SSSR count). The maximum absolute atomic E-state index is 13.8. The number of H-pyrrole nitrogens is 1. The number of nitrogens with zero attached hydrogens (tertiary/aromatic N) is 1. The highest BCUT2D eigenvalue weighted by atomic mass is 32.2. The molecular formula is C16H19FN2OS. The van der Waals surface area contributed by atoms with Gasteiger partial charge in [0.1, 0.15) is 17.0 Å². The first kappa shape index (κ1) is 14.6. The van der Waals surface area contributed by atoms with Crippen LogP contribution in [0.25, 0.3) is 10.9 Å². The molecule has 1 aromatic carbocycles. The number of rotatable bonds is 3. The Balaban J connectivity index is 1.86. The average Bonchev–Trinajstić information content (AvgIpc) is 2.50. The fraction of sp³-hybridized carbons (Fsp3) is 0.500. The van der Waals surface area contributed by atoms with Crippen LogP contribution in [-0.2, 0) is 5.75 Å². The minimum Gasteiger partial charge on any atom is -0.309 e. The summed E-state index contributed by atoms with van der Waals surface area (Å²) in [6.45, 7) is 1.85.